The van der Waals surface area contributed by atoms with Gasteiger partial charge in [0.15, 0.2) is 23.2 Å². The van der Waals surface area contributed by atoms with E-state index in [0.717, 1.165) is 19.3 Å². The van der Waals surface area contributed by atoms with E-state index in [1.165, 1.54) is 6.33 Å². The lowest BCUT2D eigenvalue weighted by Gasteiger charge is -2.25. The topological polar surface area (TPSA) is 136 Å². The number of nitrogens with one attached hydrogen (secondary N) is 1. The van der Waals surface area contributed by atoms with Crippen LogP contribution in [0.1, 0.15) is 59.1 Å². The molecule has 3 heterocycles. The number of carbonyl (C=O) groups excluding carboxylic acids is 1. The summed E-state index contributed by atoms with van der Waals surface area (Å²) in [5, 5.41) is 3.22. The van der Waals surface area contributed by atoms with Gasteiger partial charge < -0.3 is 30.0 Å². The molecular weight excluding hydrogens is 440 g/mol. The molecule has 3 rings (SSSR count). The second kappa shape index (κ2) is 13.5. The smallest absolute Gasteiger partial charge is 0.217 e. The molecule has 0 aromatic carbocycles. The molecule has 2 aromatic heterocycles. The molecule has 1 aliphatic rings. The number of hydrogen-bond acceptors (Lipinski definition) is 9. The van der Waals surface area contributed by atoms with Crippen molar-refractivity contribution in [2.24, 2.45) is 5.73 Å². The van der Waals surface area contributed by atoms with Gasteiger partial charge in [-0.2, -0.15) is 0 Å². The van der Waals surface area contributed by atoms with Gasteiger partial charge in [-0.05, 0) is 25.7 Å². The van der Waals surface area contributed by atoms with Gasteiger partial charge in [0.25, 0.3) is 0 Å². The lowest BCUT2D eigenvalue weighted by Crippen LogP contribution is -2.39. The average Bonchev–Trinajstić information content (AvgIpc) is 3.40. The maximum absolute atomic E-state index is 11.0. The van der Waals surface area contributed by atoms with Crippen LogP contribution in [0.4, 0.5) is 5.82 Å². The van der Waals surface area contributed by atoms with E-state index in [2.05, 4.69) is 41.0 Å². The van der Waals surface area contributed by atoms with Gasteiger partial charge in [-0.1, -0.05) is 20.8 Å². The Labute approximate surface area is 200 Å². The van der Waals surface area contributed by atoms with Gasteiger partial charge in [0.2, 0.25) is 5.91 Å². The number of hydrogen-bond donors (Lipinski definition) is 2. The van der Waals surface area contributed by atoms with E-state index in [9.17, 15) is 4.79 Å². The fourth-order valence-corrected chi connectivity index (χ4v) is 3.93. The van der Waals surface area contributed by atoms with Crippen LogP contribution in [0.25, 0.3) is 11.2 Å². The first kappa shape index (κ1) is 26.3. The van der Waals surface area contributed by atoms with E-state index in [1.54, 1.807) is 6.33 Å². The Kier molecular flexibility index (Phi) is 10.4. The van der Waals surface area contributed by atoms with Gasteiger partial charge in [-0.15, -0.1) is 0 Å². The highest BCUT2D eigenvalue weighted by molar-refractivity contribution is 5.82. The van der Waals surface area contributed by atoms with Crippen molar-refractivity contribution in [3.8, 4) is 0 Å². The Balaban J connectivity index is 1.84. The van der Waals surface area contributed by atoms with E-state index in [0.29, 0.717) is 62.8 Å². The van der Waals surface area contributed by atoms with Gasteiger partial charge in [-0.25, -0.2) is 15.0 Å². The number of carbonyl (C=O) groups is 1. The first-order valence-corrected chi connectivity index (χ1v) is 12.3. The number of ether oxygens (including phenoxy) is 4. The molecule has 0 saturated carbocycles. The minimum atomic E-state index is -0.466. The van der Waals surface area contributed by atoms with Crippen molar-refractivity contribution in [2.75, 3.05) is 38.3 Å². The highest BCUT2D eigenvalue weighted by atomic mass is 16.6. The normalized spacial score (nSPS) is 22.4. The summed E-state index contributed by atoms with van der Waals surface area (Å²) in [4.78, 5) is 24.3. The molecule has 0 bridgehead atoms. The molecule has 11 heteroatoms. The van der Waals surface area contributed by atoms with Crippen LogP contribution in [0.15, 0.2) is 12.7 Å². The third-order valence-electron chi connectivity index (χ3n) is 5.47. The van der Waals surface area contributed by atoms with Gasteiger partial charge in [0.05, 0.1) is 12.9 Å². The van der Waals surface area contributed by atoms with E-state index < -0.39 is 6.23 Å². The number of anilines is 1. The molecule has 3 N–H and O–H groups in total. The molecule has 0 unspecified atom stereocenters. The van der Waals surface area contributed by atoms with Crippen LogP contribution in [0.5, 0.6) is 0 Å². The molecule has 11 nitrogen and oxygen atoms in total. The third kappa shape index (κ3) is 6.62. The minimum absolute atomic E-state index is 0.265. The summed E-state index contributed by atoms with van der Waals surface area (Å²) in [7, 11) is 0. The number of nitrogens with two attached hydrogens (primary N) is 1. The molecule has 190 valence electrons. The highest BCUT2D eigenvalue weighted by Gasteiger charge is 2.47. The lowest BCUT2D eigenvalue weighted by molar-refractivity contribution is -0.118. The van der Waals surface area contributed by atoms with Crippen molar-refractivity contribution >= 4 is 22.9 Å². The monoisotopic (exact) mass is 478 g/mol. The van der Waals surface area contributed by atoms with Crippen molar-refractivity contribution < 1.29 is 23.7 Å². The van der Waals surface area contributed by atoms with Crippen LogP contribution in [0, 0.1) is 0 Å². The highest BCUT2D eigenvalue weighted by Crippen LogP contribution is 2.36. The first-order valence-electron chi connectivity index (χ1n) is 12.3. The van der Waals surface area contributed by atoms with Crippen LogP contribution < -0.4 is 11.1 Å². The fourth-order valence-electron chi connectivity index (χ4n) is 3.93. The Bertz CT molecular complexity index is 894. The zero-order chi connectivity index (χ0) is 24.3. The summed E-state index contributed by atoms with van der Waals surface area (Å²) in [5.41, 5.74) is 6.47. The van der Waals surface area contributed by atoms with E-state index >= 15 is 0 Å². The molecule has 4 atom stereocenters. The summed E-state index contributed by atoms with van der Waals surface area (Å²) >= 11 is 0. The van der Waals surface area contributed by atoms with E-state index in [-0.39, 0.29) is 24.2 Å². The average molecular weight is 479 g/mol. The van der Waals surface area contributed by atoms with Crippen molar-refractivity contribution in [3.05, 3.63) is 12.7 Å². The Hall–Kier alpha value is -2.34. The molecule has 0 aliphatic carbocycles. The van der Waals surface area contributed by atoms with Crippen LogP contribution in [-0.2, 0) is 23.7 Å². The molecule has 0 radical (unpaired) electrons. The number of nitrogens with zero attached hydrogens (tertiary/aromatic N) is 4. The molecule has 2 aromatic rings. The lowest BCUT2D eigenvalue weighted by atomic mass is 10.1. The van der Waals surface area contributed by atoms with Gasteiger partial charge in [-0.3, -0.25) is 9.36 Å². The molecule has 1 fully saturated rings. The Morgan fingerprint density at radius 3 is 2.53 bits per heavy atom. The number of fused-ring (bicyclic) bond motifs is 1. The molecule has 34 heavy (non-hydrogen) atoms. The zero-order valence-corrected chi connectivity index (χ0v) is 20.4. The third-order valence-corrected chi connectivity index (χ3v) is 5.47. The maximum Gasteiger partial charge on any atom is 0.217 e. The van der Waals surface area contributed by atoms with Crippen LogP contribution >= 0.6 is 0 Å². The molecular formula is C23H38N6O5. The van der Waals surface area contributed by atoms with Crippen molar-refractivity contribution in [2.45, 2.75) is 77.4 Å². The van der Waals surface area contributed by atoms with Crippen LogP contribution in [0.3, 0.4) is 0 Å². The summed E-state index contributed by atoms with van der Waals surface area (Å²) < 4.78 is 26.6. The molecule has 1 aliphatic heterocycles. The fraction of sp³-hybridized carbons (Fsp3) is 0.739. The van der Waals surface area contributed by atoms with Crippen molar-refractivity contribution in [1.29, 1.82) is 0 Å². The largest absolute Gasteiger partial charge is 0.379 e. The zero-order valence-electron chi connectivity index (χ0n) is 20.4. The molecule has 0 spiro atoms. The van der Waals surface area contributed by atoms with Crippen molar-refractivity contribution in [3.63, 3.8) is 0 Å². The number of aromatic nitrogens is 4. The molecule has 1 saturated heterocycles. The predicted octanol–water partition coefficient (Wildman–Crippen LogP) is 2.42. The number of primary amides is 1. The van der Waals surface area contributed by atoms with Crippen LogP contribution in [0.2, 0.25) is 0 Å². The second-order valence-electron chi connectivity index (χ2n) is 8.35. The summed E-state index contributed by atoms with van der Waals surface area (Å²) in [6.45, 7) is 9.08. The Morgan fingerprint density at radius 1 is 1.09 bits per heavy atom. The quantitative estimate of drug-likeness (QED) is 0.349. The number of amides is 1. The summed E-state index contributed by atoms with van der Waals surface area (Å²) in [5.74, 6) is 0.270. The number of imidazole rings is 1. The summed E-state index contributed by atoms with van der Waals surface area (Å²) in [6, 6.07) is 0. The van der Waals surface area contributed by atoms with E-state index in [4.69, 9.17) is 24.7 Å². The molecule has 1 amide bonds. The summed E-state index contributed by atoms with van der Waals surface area (Å²) in [6.07, 6.45) is 5.49. The maximum atomic E-state index is 11.0. The number of rotatable bonds is 16. The predicted molar refractivity (Wildman–Crippen MR) is 127 cm³/mol. The second-order valence-corrected chi connectivity index (χ2v) is 8.35. The van der Waals surface area contributed by atoms with Gasteiger partial charge in [0.1, 0.15) is 24.6 Å². The van der Waals surface area contributed by atoms with Crippen molar-refractivity contribution in [1.82, 2.24) is 19.5 Å². The standard InChI is InChI=1S/C23H38N6O5/c1-4-10-31-13-16-19(32-11-5-2)20(33-12-6-3)23(34-16)29-15-28-18-21(26-14-27-22(18)29)25-9-7-8-17(24)30/h14-16,19-20,23H,4-13H2,1-3H3,(H2,24,30)(H,25,26,27)/t16-,19-,20-,23-/m1/s1. The van der Waals surface area contributed by atoms with Gasteiger partial charge in [0, 0.05) is 32.8 Å². The SMILES string of the molecule is CCCOC[C@H]1O[C@@H](n2cnc3c(NCCCC(N)=O)ncnc32)[C@H](OCCC)[C@@H]1OCCC. The van der Waals surface area contributed by atoms with Gasteiger partial charge >= 0.3 is 0 Å². The first-order chi connectivity index (χ1) is 16.6. The van der Waals surface area contributed by atoms with E-state index in [1.807, 2.05) is 4.57 Å². The minimum Gasteiger partial charge on any atom is -0.379 e. The van der Waals surface area contributed by atoms with Crippen LogP contribution in [-0.4, -0.2) is 76.7 Å². The Morgan fingerprint density at radius 2 is 1.82 bits per heavy atom.